The molecule has 1 aromatic rings. The summed E-state index contributed by atoms with van der Waals surface area (Å²) < 4.78 is 0. The lowest BCUT2D eigenvalue weighted by Crippen LogP contribution is -2.34. The lowest BCUT2D eigenvalue weighted by molar-refractivity contribution is -0.141. The summed E-state index contributed by atoms with van der Waals surface area (Å²) >= 11 is 0. The number of amides is 1. The predicted octanol–water partition coefficient (Wildman–Crippen LogP) is 1.46. The Hall–Kier alpha value is -1.84. The van der Waals surface area contributed by atoms with Crippen LogP contribution in [0.1, 0.15) is 18.4 Å². The van der Waals surface area contributed by atoms with E-state index in [0.29, 0.717) is 6.42 Å². The molecule has 1 saturated carbocycles. The van der Waals surface area contributed by atoms with Gasteiger partial charge in [-0.2, -0.15) is 0 Å². The molecule has 2 rings (SSSR count). The van der Waals surface area contributed by atoms with E-state index in [1.54, 1.807) is 0 Å². The third-order valence-electron chi connectivity index (χ3n) is 3.15. The van der Waals surface area contributed by atoms with E-state index < -0.39 is 11.9 Å². The fourth-order valence-electron chi connectivity index (χ4n) is 1.86. The van der Waals surface area contributed by atoms with Crippen LogP contribution in [0.5, 0.6) is 0 Å². The molecule has 4 nitrogen and oxygen atoms in total. The van der Waals surface area contributed by atoms with E-state index in [9.17, 15) is 9.59 Å². The van der Waals surface area contributed by atoms with Crippen molar-refractivity contribution in [3.05, 3.63) is 35.9 Å². The fraction of sp³-hybridized carbons (Fsp3) is 0.429. The van der Waals surface area contributed by atoms with Crippen LogP contribution < -0.4 is 5.32 Å². The van der Waals surface area contributed by atoms with Crippen molar-refractivity contribution in [2.45, 2.75) is 19.3 Å². The molecule has 0 aromatic heterocycles. The molecule has 4 heteroatoms. The summed E-state index contributed by atoms with van der Waals surface area (Å²) in [4.78, 5) is 22.6. The number of nitrogens with one attached hydrogen (secondary N) is 1. The lowest BCUT2D eigenvalue weighted by Gasteiger charge is -2.13. The van der Waals surface area contributed by atoms with Gasteiger partial charge in [-0.05, 0) is 24.8 Å². The van der Waals surface area contributed by atoms with Crippen molar-refractivity contribution in [3.8, 4) is 0 Å². The number of rotatable bonds is 6. The first-order valence-corrected chi connectivity index (χ1v) is 6.21. The van der Waals surface area contributed by atoms with Crippen LogP contribution in [0, 0.1) is 11.8 Å². The van der Waals surface area contributed by atoms with Crippen LogP contribution in [0.4, 0.5) is 0 Å². The minimum atomic E-state index is -0.866. The van der Waals surface area contributed by atoms with Crippen LogP contribution >= 0.6 is 0 Å². The molecule has 1 fully saturated rings. The maximum atomic E-state index is 11.5. The van der Waals surface area contributed by atoms with E-state index >= 15 is 0 Å². The number of benzene rings is 1. The second-order valence-electron chi connectivity index (χ2n) is 4.74. The SMILES string of the molecule is O=C(O)C(CNC(=O)C1CC1)Cc1ccccc1. The van der Waals surface area contributed by atoms with Crippen LogP contribution in [-0.2, 0) is 16.0 Å². The summed E-state index contributed by atoms with van der Waals surface area (Å²) in [7, 11) is 0. The highest BCUT2D eigenvalue weighted by atomic mass is 16.4. The Kier molecular flexibility index (Phi) is 3.97. The topological polar surface area (TPSA) is 66.4 Å². The Bertz CT molecular complexity index is 426. The zero-order valence-corrected chi connectivity index (χ0v) is 10.1. The van der Waals surface area contributed by atoms with Crippen molar-refractivity contribution in [3.63, 3.8) is 0 Å². The van der Waals surface area contributed by atoms with Gasteiger partial charge >= 0.3 is 5.97 Å². The van der Waals surface area contributed by atoms with Crippen molar-refractivity contribution in [1.29, 1.82) is 0 Å². The first-order valence-electron chi connectivity index (χ1n) is 6.21. The number of carbonyl (C=O) groups excluding carboxylic acids is 1. The molecule has 0 bridgehead atoms. The first-order chi connectivity index (χ1) is 8.66. The normalized spacial score (nSPS) is 16.0. The Balaban J connectivity index is 1.87. The second kappa shape index (κ2) is 5.67. The van der Waals surface area contributed by atoms with Crippen molar-refractivity contribution < 1.29 is 14.7 Å². The monoisotopic (exact) mass is 247 g/mol. The number of carboxylic acid groups (broad SMARTS) is 1. The molecule has 0 heterocycles. The zero-order chi connectivity index (χ0) is 13.0. The Morgan fingerprint density at radius 3 is 2.50 bits per heavy atom. The molecule has 2 N–H and O–H groups in total. The molecule has 96 valence electrons. The van der Waals surface area contributed by atoms with Gasteiger partial charge in [0.05, 0.1) is 5.92 Å². The number of carboxylic acids is 1. The van der Waals surface area contributed by atoms with E-state index in [4.69, 9.17) is 5.11 Å². The Morgan fingerprint density at radius 1 is 1.28 bits per heavy atom. The van der Waals surface area contributed by atoms with E-state index in [1.165, 1.54) is 0 Å². The molecule has 1 aliphatic rings. The largest absolute Gasteiger partial charge is 0.481 e. The van der Waals surface area contributed by atoms with Gasteiger partial charge in [-0.1, -0.05) is 30.3 Å². The summed E-state index contributed by atoms with van der Waals surface area (Å²) in [6.45, 7) is 0.208. The van der Waals surface area contributed by atoms with Crippen molar-refractivity contribution in [2.75, 3.05) is 6.54 Å². The van der Waals surface area contributed by atoms with E-state index in [2.05, 4.69) is 5.32 Å². The maximum Gasteiger partial charge on any atom is 0.308 e. The molecule has 1 amide bonds. The fourth-order valence-corrected chi connectivity index (χ4v) is 1.86. The van der Waals surface area contributed by atoms with Gasteiger partial charge in [0, 0.05) is 12.5 Å². The van der Waals surface area contributed by atoms with Crippen LogP contribution in [0.3, 0.4) is 0 Å². The standard InChI is InChI=1S/C14H17NO3/c16-13(11-6-7-11)15-9-12(14(17)18)8-10-4-2-1-3-5-10/h1-5,11-12H,6-9H2,(H,15,16)(H,17,18). The average molecular weight is 247 g/mol. The number of carbonyl (C=O) groups is 2. The molecule has 0 spiro atoms. The second-order valence-corrected chi connectivity index (χ2v) is 4.74. The zero-order valence-electron chi connectivity index (χ0n) is 10.1. The third kappa shape index (κ3) is 3.58. The smallest absolute Gasteiger partial charge is 0.308 e. The van der Waals surface area contributed by atoms with E-state index in [0.717, 1.165) is 18.4 Å². The Morgan fingerprint density at radius 2 is 1.94 bits per heavy atom. The van der Waals surface area contributed by atoms with Gasteiger partial charge in [-0.25, -0.2) is 0 Å². The Labute approximate surface area is 106 Å². The number of hydrogen-bond acceptors (Lipinski definition) is 2. The van der Waals surface area contributed by atoms with Gasteiger partial charge < -0.3 is 10.4 Å². The molecule has 1 atom stereocenters. The summed E-state index contributed by atoms with van der Waals surface area (Å²) in [5.74, 6) is -1.31. The summed E-state index contributed by atoms with van der Waals surface area (Å²) in [6, 6.07) is 9.47. The van der Waals surface area contributed by atoms with Gasteiger partial charge in [-0.3, -0.25) is 9.59 Å². The summed E-state index contributed by atoms with van der Waals surface area (Å²) in [6.07, 6.45) is 2.31. The lowest BCUT2D eigenvalue weighted by atomic mass is 9.99. The first kappa shape index (κ1) is 12.6. The predicted molar refractivity (Wildman–Crippen MR) is 67.0 cm³/mol. The van der Waals surface area contributed by atoms with Gasteiger partial charge in [0.1, 0.15) is 0 Å². The molecule has 18 heavy (non-hydrogen) atoms. The van der Waals surface area contributed by atoms with E-state index in [1.807, 2.05) is 30.3 Å². The van der Waals surface area contributed by atoms with Gasteiger partial charge in [-0.15, -0.1) is 0 Å². The quantitative estimate of drug-likeness (QED) is 0.799. The minimum Gasteiger partial charge on any atom is -0.481 e. The van der Waals surface area contributed by atoms with Gasteiger partial charge in [0.2, 0.25) is 5.91 Å². The highest BCUT2D eigenvalue weighted by Crippen LogP contribution is 2.28. The highest BCUT2D eigenvalue weighted by Gasteiger charge is 2.30. The van der Waals surface area contributed by atoms with Crippen molar-refractivity contribution in [2.24, 2.45) is 11.8 Å². The van der Waals surface area contributed by atoms with Crippen LogP contribution in [-0.4, -0.2) is 23.5 Å². The minimum absolute atomic E-state index is 0.00527. The van der Waals surface area contributed by atoms with Gasteiger partial charge in [0.15, 0.2) is 0 Å². The maximum absolute atomic E-state index is 11.5. The molecule has 0 saturated heterocycles. The number of aliphatic carboxylic acids is 1. The number of hydrogen-bond donors (Lipinski definition) is 2. The molecule has 1 unspecified atom stereocenters. The summed E-state index contributed by atoms with van der Waals surface area (Å²) in [5.41, 5.74) is 0.977. The van der Waals surface area contributed by atoms with Crippen molar-refractivity contribution in [1.82, 2.24) is 5.32 Å². The van der Waals surface area contributed by atoms with Crippen LogP contribution in [0.2, 0.25) is 0 Å². The van der Waals surface area contributed by atoms with Crippen LogP contribution in [0.25, 0.3) is 0 Å². The molecule has 1 aliphatic carbocycles. The highest BCUT2D eigenvalue weighted by molar-refractivity contribution is 5.81. The average Bonchev–Trinajstić information content (AvgIpc) is 3.19. The molecular weight excluding hydrogens is 230 g/mol. The summed E-state index contributed by atoms with van der Waals surface area (Å²) in [5, 5.41) is 11.9. The third-order valence-corrected chi connectivity index (χ3v) is 3.15. The molecule has 0 radical (unpaired) electrons. The van der Waals surface area contributed by atoms with Gasteiger partial charge in [0.25, 0.3) is 0 Å². The van der Waals surface area contributed by atoms with E-state index in [-0.39, 0.29) is 18.4 Å². The van der Waals surface area contributed by atoms with Crippen LogP contribution in [0.15, 0.2) is 30.3 Å². The molecule has 1 aromatic carbocycles. The molecule has 0 aliphatic heterocycles. The van der Waals surface area contributed by atoms with Crippen molar-refractivity contribution >= 4 is 11.9 Å². The molecular formula is C14H17NO3.